The summed E-state index contributed by atoms with van der Waals surface area (Å²) in [6.07, 6.45) is 2.12. The largest absolute Gasteiger partial charge is 0.433 e. The van der Waals surface area contributed by atoms with E-state index in [1.807, 2.05) is 6.92 Å². The minimum Gasteiger partial charge on any atom is -0.433 e. The van der Waals surface area contributed by atoms with Crippen LogP contribution < -0.4 is 10.6 Å². The van der Waals surface area contributed by atoms with Gasteiger partial charge >= 0.3 is 5.97 Å². The molecule has 0 radical (unpaired) electrons. The highest BCUT2D eigenvalue weighted by Crippen LogP contribution is 2.21. The van der Waals surface area contributed by atoms with Gasteiger partial charge in [0.05, 0.1) is 30.2 Å². The van der Waals surface area contributed by atoms with Crippen molar-refractivity contribution in [2.45, 2.75) is 57.4 Å². The normalized spacial score (nSPS) is 22.5. The van der Waals surface area contributed by atoms with E-state index in [0.717, 1.165) is 12.8 Å². The second-order valence-electron chi connectivity index (χ2n) is 7.81. The molecule has 1 aromatic carbocycles. The van der Waals surface area contributed by atoms with Crippen LogP contribution in [0.4, 0.5) is 0 Å². The zero-order valence-corrected chi connectivity index (χ0v) is 18.7. The number of nitrogens with zero attached hydrogens (tertiary/aromatic N) is 1. The van der Waals surface area contributed by atoms with Gasteiger partial charge in [-0.05, 0) is 31.4 Å². The molecular formula is C22H28ClN3O6. The first kappa shape index (κ1) is 24.0. The highest BCUT2D eigenvalue weighted by atomic mass is 35.5. The van der Waals surface area contributed by atoms with Crippen molar-refractivity contribution in [1.29, 1.82) is 0 Å². The number of benzene rings is 1. The van der Waals surface area contributed by atoms with Gasteiger partial charge in [0.2, 0.25) is 18.1 Å². The van der Waals surface area contributed by atoms with Gasteiger partial charge in [0.25, 0.3) is 5.91 Å². The highest BCUT2D eigenvalue weighted by Gasteiger charge is 2.40. The average molecular weight is 466 g/mol. The monoisotopic (exact) mass is 465 g/mol. The van der Waals surface area contributed by atoms with Crippen molar-refractivity contribution < 1.29 is 28.7 Å². The lowest BCUT2D eigenvalue weighted by molar-refractivity contribution is -0.165. The zero-order chi connectivity index (χ0) is 23.1. The fourth-order valence-corrected chi connectivity index (χ4v) is 3.98. The van der Waals surface area contributed by atoms with Gasteiger partial charge in [-0.3, -0.25) is 19.2 Å². The van der Waals surface area contributed by atoms with Crippen molar-refractivity contribution in [3.05, 3.63) is 34.9 Å². The van der Waals surface area contributed by atoms with Crippen LogP contribution in [0, 0.1) is 0 Å². The van der Waals surface area contributed by atoms with E-state index < -0.39 is 30.3 Å². The maximum atomic E-state index is 12.9. The van der Waals surface area contributed by atoms with Gasteiger partial charge in [0, 0.05) is 6.54 Å². The Kier molecular flexibility index (Phi) is 8.46. The van der Waals surface area contributed by atoms with Gasteiger partial charge in [-0.25, -0.2) is 0 Å². The molecule has 10 heteroatoms. The molecule has 2 heterocycles. The van der Waals surface area contributed by atoms with E-state index in [-0.39, 0.29) is 30.3 Å². The summed E-state index contributed by atoms with van der Waals surface area (Å²) < 4.78 is 10.7. The summed E-state index contributed by atoms with van der Waals surface area (Å²) in [6, 6.07) is 5.28. The molecule has 2 fully saturated rings. The topological polar surface area (TPSA) is 114 Å². The fourth-order valence-electron chi connectivity index (χ4n) is 3.76. The number of ether oxygens (including phenoxy) is 2. The molecule has 0 unspecified atom stereocenters. The first-order chi connectivity index (χ1) is 15.4. The molecule has 2 saturated heterocycles. The van der Waals surface area contributed by atoms with Crippen molar-refractivity contribution in [2.24, 2.45) is 0 Å². The summed E-state index contributed by atoms with van der Waals surface area (Å²) >= 11 is 6.02. The van der Waals surface area contributed by atoms with E-state index in [9.17, 15) is 19.2 Å². The lowest BCUT2D eigenvalue weighted by Gasteiger charge is -2.26. The van der Waals surface area contributed by atoms with Crippen LogP contribution >= 0.6 is 11.6 Å². The third-order valence-corrected chi connectivity index (χ3v) is 5.79. The first-order valence-electron chi connectivity index (χ1n) is 10.8. The minimum absolute atomic E-state index is 0.0249. The number of hydrogen-bond acceptors (Lipinski definition) is 6. The number of unbranched alkanes of at least 4 members (excludes halogenated alkanes) is 1. The van der Waals surface area contributed by atoms with Crippen molar-refractivity contribution in [2.75, 3.05) is 19.7 Å². The number of nitrogens with one attached hydrogen (secondary N) is 2. The number of amides is 3. The Morgan fingerprint density at radius 1 is 1.28 bits per heavy atom. The molecule has 1 aromatic rings. The molecule has 3 atom stereocenters. The molecule has 0 saturated carbocycles. The highest BCUT2D eigenvalue weighted by molar-refractivity contribution is 6.33. The van der Waals surface area contributed by atoms with Crippen molar-refractivity contribution >= 4 is 35.3 Å². The summed E-state index contributed by atoms with van der Waals surface area (Å²) in [4.78, 5) is 51.0. The zero-order valence-electron chi connectivity index (χ0n) is 18.0. The van der Waals surface area contributed by atoms with Gasteiger partial charge < -0.3 is 25.0 Å². The second-order valence-corrected chi connectivity index (χ2v) is 8.22. The summed E-state index contributed by atoms with van der Waals surface area (Å²) in [5.41, 5.74) is 0.276. The summed E-state index contributed by atoms with van der Waals surface area (Å²) in [6.45, 7) is 2.61. The van der Waals surface area contributed by atoms with Crippen LogP contribution in [0.2, 0.25) is 5.02 Å². The Labute approximate surface area is 191 Å². The van der Waals surface area contributed by atoms with Crippen molar-refractivity contribution in [1.82, 2.24) is 15.5 Å². The maximum Gasteiger partial charge on any atom is 0.310 e. The first-order valence-corrected chi connectivity index (χ1v) is 11.2. The van der Waals surface area contributed by atoms with E-state index >= 15 is 0 Å². The Bertz CT molecular complexity index is 864. The number of rotatable bonds is 9. The molecule has 3 amide bonds. The Hall–Kier alpha value is -2.65. The van der Waals surface area contributed by atoms with Crippen LogP contribution in [-0.2, 0) is 23.9 Å². The molecule has 2 N–H and O–H groups in total. The second kappa shape index (κ2) is 11.3. The number of likely N-dealkylation sites (tertiary alicyclic amines) is 1. The van der Waals surface area contributed by atoms with E-state index in [0.29, 0.717) is 31.0 Å². The molecule has 2 aliphatic heterocycles. The third kappa shape index (κ3) is 5.98. The predicted molar refractivity (Wildman–Crippen MR) is 116 cm³/mol. The average Bonchev–Trinajstić information content (AvgIpc) is 3.39. The Morgan fingerprint density at radius 3 is 2.81 bits per heavy atom. The van der Waals surface area contributed by atoms with E-state index in [2.05, 4.69) is 10.6 Å². The molecule has 0 bridgehead atoms. The van der Waals surface area contributed by atoms with Crippen molar-refractivity contribution in [3.63, 3.8) is 0 Å². The van der Waals surface area contributed by atoms with Crippen LogP contribution in [0.5, 0.6) is 0 Å². The Morgan fingerprint density at radius 2 is 2.06 bits per heavy atom. The predicted octanol–water partition coefficient (Wildman–Crippen LogP) is 1.64. The smallest absolute Gasteiger partial charge is 0.310 e. The summed E-state index contributed by atoms with van der Waals surface area (Å²) in [5, 5.41) is 5.65. The number of hydrogen-bond donors (Lipinski definition) is 2. The van der Waals surface area contributed by atoms with Crippen LogP contribution in [0.25, 0.3) is 0 Å². The van der Waals surface area contributed by atoms with Gasteiger partial charge in [-0.2, -0.15) is 0 Å². The lowest BCUT2D eigenvalue weighted by Crippen LogP contribution is -2.52. The Balaban J connectivity index is 1.54. The number of esters is 1. The summed E-state index contributed by atoms with van der Waals surface area (Å²) in [5.74, 6) is -1.62. The molecule has 3 rings (SSSR count). The van der Waals surface area contributed by atoms with Crippen LogP contribution in [-0.4, -0.2) is 66.7 Å². The van der Waals surface area contributed by atoms with E-state index in [1.165, 1.54) is 4.90 Å². The molecule has 0 aliphatic carbocycles. The molecule has 32 heavy (non-hydrogen) atoms. The standard InChI is InChI=1S/C22H28ClN3O6/c1-2-3-11-31-22-16(12-19(28)32-22)25-21(30)17-9-6-10-26(17)18(27)13-24-20(29)14-7-4-5-8-15(14)23/h4-5,7-8,16-17,22H,2-3,6,9-13H2,1H3,(H,24,29)(H,25,30)/t16-,17-,22+/m0/s1. The summed E-state index contributed by atoms with van der Waals surface area (Å²) in [7, 11) is 0. The van der Waals surface area contributed by atoms with Crippen LogP contribution in [0.3, 0.4) is 0 Å². The molecular weight excluding hydrogens is 438 g/mol. The van der Waals surface area contributed by atoms with Crippen molar-refractivity contribution in [3.8, 4) is 0 Å². The minimum atomic E-state index is -0.821. The molecule has 174 valence electrons. The van der Waals surface area contributed by atoms with E-state index in [1.54, 1.807) is 24.3 Å². The number of halogens is 1. The van der Waals surface area contributed by atoms with Crippen LogP contribution in [0.1, 0.15) is 49.4 Å². The maximum absolute atomic E-state index is 12.9. The molecule has 0 spiro atoms. The molecule has 2 aliphatic rings. The fraction of sp³-hybridized carbons (Fsp3) is 0.545. The van der Waals surface area contributed by atoms with Gasteiger partial charge in [-0.1, -0.05) is 37.1 Å². The SMILES string of the molecule is CCCCO[C@@H]1OC(=O)C[C@@H]1NC(=O)[C@@H]1CCCN1C(=O)CNC(=O)c1ccccc1Cl. The van der Waals surface area contributed by atoms with Gasteiger partial charge in [-0.15, -0.1) is 0 Å². The third-order valence-electron chi connectivity index (χ3n) is 5.46. The van der Waals surface area contributed by atoms with Gasteiger partial charge in [0.15, 0.2) is 0 Å². The van der Waals surface area contributed by atoms with E-state index in [4.69, 9.17) is 21.1 Å². The number of carbonyl (C=O) groups excluding carboxylic acids is 4. The van der Waals surface area contributed by atoms with Crippen LogP contribution in [0.15, 0.2) is 24.3 Å². The molecule has 9 nitrogen and oxygen atoms in total. The molecule has 0 aromatic heterocycles. The number of carbonyl (C=O) groups is 4. The quantitative estimate of drug-likeness (QED) is 0.423. The lowest BCUT2D eigenvalue weighted by atomic mass is 10.1. The van der Waals surface area contributed by atoms with Gasteiger partial charge in [0.1, 0.15) is 12.1 Å². The number of cyclic esters (lactones) is 1.